The van der Waals surface area contributed by atoms with Gasteiger partial charge in [0.25, 0.3) is 5.91 Å². The van der Waals surface area contributed by atoms with Crippen molar-refractivity contribution in [2.24, 2.45) is 0 Å². The number of amides is 1. The summed E-state index contributed by atoms with van der Waals surface area (Å²) in [5, 5.41) is 3.32. The van der Waals surface area contributed by atoms with Crippen LogP contribution in [0.25, 0.3) is 0 Å². The number of aryl methyl sites for hydroxylation is 1. The summed E-state index contributed by atoms with van der Waals surface area (Å²) in [4.78, 5) is 24.4. The number of esters is 1. The SMILES string of the molecule is Cc1cccc(C(=O)O[C@H](C)C(=O)Nc2cc(Cl)ccc2Cl)c1N. The van der Waals surface area contributed by atoms with Crippen molar-refractivity contribution in [3.8, 4) is 0 Å². The molecule has 24 heavy (non-hydrogen) atoms. The van der Waals surface area contributed by atoms with E-state index in [2.05, 4.69) is 5.32 Å². The van der Waals surface area contributed by atoms with Crippen LogP contribution in [0.4, 0.5) is 11.4 Å². The average Bonchev–Trinajstić information content (AvgIpc) is 2.53. The van der Waals surface area contributed by atoms with Crippen LogP contribution in [0.5, 0.6) is 0 Å². The van der Waals surface area contributed by atoms with Crippen molar-refractivity contribution in [2.75, 3.05) is 11.1 Å². The lowest BCUT2D eigenvalue weighted by molar-refractivity contribution is -0.123. The standard InChI is InChI=1S/C17H16Cl2N2O3/c1-9-4-3-5-12(15(9)20)17(23)24-10(2)16(22)21-14-8-11(18)6-7-13(14)19/h3-8,10H,20H2,1-2H3,(H,21,22)/t10-/m1/s1. The van der Waals surface area contributed by atoms with E-state index in [4.69, 9.17) is 33.7 Å². The predicted molar refractivity (Wildman–Crippen MR) is 95.6 cm³/mol. The molecule has 0 bridgehead atoms. The summed E-state index contributed by atoms with van der Waals surface area (Å²) in [6.07, 6.45) is -1.03. The zero-order chi connectivity index (χ0) is 17.9. The normalized spacial score (nSPS) is 11.7. The fourth-order valence-corrected chi connectivity index (χ4v) is 2.30. The number of para-hydroxylation sites is 1. The first-order valence-electron chi connectivity index (χ1n) is 7.11. The largest absolute Gasteiger partial charge is 0.449 e. The Morgan fingerprint density at radius 2 is 1.92 bits per heavy atom. The molecule has 2 aromatic carbocycles. The second-order valence-corrected chi connectivity index (χ2v) is 6.04. The molecule has 0 spiro atoms. The third-order valence-corrected chi connectivity index (χ3v) is 3.95. The zero-order valence-electron chi connectivity index (χ0n) is 13.1. The van der Waals surface area contributed by atoms with Gasteiger partial charge in [0.2, 0.25) is 0 Å². The molecule has 0 saturated heterocycles. The summed E-state index contributed by atoms with van der Waals surface area (Å²) in [5.41, 5.74) is 7.50. The highest BCUT2D eigenvalue weighted by Crippen LogP contribution is 2.25. The Labute approximate surface area is 149 Å². The van der Waals surface area contributed by atoms with Crippen molar-refractivity contribution in [1.29, 1.82) is 0 Å². The number of hydrogen-bond donors (Lipinski definition) is 2. The summed E-state index contributed by atoms with van der Waals surface area (Å²) >= 11 is 11.9. The molecule has 0 aliphatic rings. The van der Waals surface area contributed by atoms with E-state index in [0.29, 0.717) is 21.4 Å². The Hall–Kier alpha value is -2.24. The van der Waals surface area contributed by atoms with Gasteiger partial charge in [-0.25, -0.2) is 4.79 Å². The number of rotatable bonds is 4. The minimum absolute atomic E-state index is 0.218. The van der Waals surface area contributed by atoms with Crippen LogP contribution in [0.3, 0.4) is 0 Å². The smallest absolute Gasteiger partial charge is 0.341 e. The topological polar surface area (TPSA) is 81.4 Å². The first kappa shape index (κ1) is 18.1. The van der Waals surface area contributed by atoms with Crippen molar-refractivity contribution in [1.82, 2.24) is 0 Å². The van der Waals surface area contributed by atoms with Crippen LogP contribution in [-0.4, -0.2) is 18.0 Å². The fraction of sp³-hybridized carbons (Fsp3) is 0.176. The molecular weight excluding hydrogens is 351 g/mol. The molecule has 0 radical (unpaired) electrons. The molecule has 5 nitrogen and oxygen atoms in total. The van der Waals surface area contributed by atoms with Crippen LogP contribution < -0.4 is 11.1 Å². The molecule has 0 fully saturated rings. The second kappa shape index (κ2) is 7.55. The van der Waals surface area contributed by atoms with Gasteiger partial charge in [-0.3, -0.25) is 4.79 Å². The Kier molecular flexibility index (Phi) is 5.70. The number of ether oxygens (including phenoxy) is 1. The van der Waals surface area contributed by atoms with Gasteiger partial charge in [0.15, 0.2) is 6.10 Å². The lowest BCUT2D eigenvalue weighted by atomic mass is 10.1. The number of anilines is 2. The summed E-state index contributed by atoms with van der Waals surface area (Å²) in [5.74, 6) is -1.20. The lowest BCUT2D eigenvalue weighted by Gasteiger charge is -2.15. The minimum atomic E-state index is -1.03. The van der Waals surface area contributed by atoms with Gasteiger partial charge in [0.1, 0.15) is 0 Å². The molecule has 126 valence electrons. The Bertz CT molecular complexity index is 793. The summed E-state index contributed by atoms with van der Waals surface area (Å²) in [7, 11) is 0. The number of nitrogen functional groups attached to an aromatic ring is 1. The number of hydrogen-bond acceptors (Lipinski definition) is 4. The third kappa shape index (κ3) is 4.19. The molecule has 0 saturated carbocycles. The third-order valence-electron chi connectivity index (χ3n) is 3.38. The van der Waals surface area contributed by atoms with Crippen molar-refractivity contribution in [3.05, 3.63) is 57.6 Å². The number of nitrogens with two attached hydrogens (primary N) is 1. The maximum Gasteiger partial charge on any atom is 0.341 e. The van der Waals surface area contributed by atoms with E-state index in [1.165, 1.54) is 13.0 Å². The van der Waals surface area contributed by atoms with Crippen molar-refractivity contribution in [3.63, 3.8) is 0 Å². The highest BCUT2D eigenvalue weighted by atomic mass is 35.5. The van der Waals surface area contributed by atoms with Crippen LogP contribution in [-0.2, 0) is 9.53 Å². The maximum atomic E-state index is 12.2. The van der Waals surface area contributed by atoms with Crippen LogP contribution in [0.15, 0.2) is 36.4 Å². The number of benzene rings is 2. The molecule has 1 amide bonds. The van der Waals surface area contributed by atoms with Gasteiger partial charge >= 0.3 is 5.97 Å². The van der Waals surface area contributed by atoms with Gasteiger partial charge in [-0.1, -0.05) is 35.3 Å². The van der Waals surface area contributed by atoms with Crippen molar-refractivity contribution in [2.45, 2.75) is 20.0 Å². The molecule has 2 rings (SSSR count). The van der Waals surface area contributed by atoms with E-state index in [0.717, 1.165) is 5.56 Å². The fourth-order valence-electron chi connectivity index (χ4n) is 1.96. The van der Waals surface area contributed by atoms with E-state index in [1.807, 2.05) is 0 Å². The second-order valence-electron chi connectivity index (χ2n) is 5.20. The lowest BCUT2D eigenvalue weighted by Crippen LogP contribution is -2.30. The van der Waals surface area contributed by atoms with Crippen molar-refractivity contribution < 1.29 is 14.3 Å². The molecule has 0 aliphatic heterocycles. The van der Waals surface area contributed by atoms with Gasteiger partial charge in [-0.2, -0.15) is 0 Å². The van der Waals surface area contributed by atoms with E-state index < -0.39 is 18.0 Å². The van der Waals surface area contributed by atoms with Crippen LogP contribution in [0.1, 0.15) is 22.8 Å². The van der Waals surface area contributed by atoms with Gasteiger partial charge in [-0.05, 0) is 43.7 Å². The predicted octanol–water partition coefficient (Wildman–Crippen LogP) is 4.07. The molecule has 7 heteroatoms. The van der Waals surface area contributed by atoms with Gasteiger partial charge in [-0.15, -0.1) is 0 Å². The molecule has 0 unspecified atom stereocenters. The van der Waals surface area contributed by atoms with Gasteiger partial charge in [0, 0.05) is 10.7 Å². The summed E-state index contributed by atoms with van der Waals surface area (Å²) < 4.78 is 5.17. The van der Waals surface area contributed by atoms with Gasteiger partial charge in [0.05, 0.1) is 16.3 Å². The molecule has 3 N–H and O–H groups in total. The number of nitrogens with one attached hydrogen (secondary N) is 1. The Balaban J connectivity index is 2.07. The van der Waals surface area contributed by atoms with Gasteiger partial charge < -0.3 is 15.8 Å². The summed E-state index contributed by atoms with van der Waals surface area (Å²) in [6, 6.07) is 9.69. The molecule has 0 heterocycles. The summed E-state index contributed by atoms with van der Waals surface area (Å²) in [6.45, 7) is 3.24. The molecular formula is C17H16Cl2N2O3. The van der Waals surface area contributed by atoms with E-state index in [1.54, 1.807) is 37.3 Å². The van der Waals surface area contributed by atoms with E-state index in [9.17, 15) is 9.59 Å². The minimum Gasteiger partial charge on any atom is -0.449 e. The van der Waals surface area contributed by atoms with E-state index in [-0.39, 0.29) is 5.56 Å². The Morgan fingerprint density at radius 3 is 2.62 bits per heavy atom. The van der Waals surface area contributed by atoms with Crippen LogP contribution in [0, 0.1) is 6.92 Å². The van der Waals surface area contributed by atoms with Crippen LogP contribution >= 0.6 is 23.2 Å². The molecule has 1 atom stereocenters. The number of carbonyl (C=O) groups is 2. The molecule has 0 aromatic heterocycles. The number of halogens is 2. The van der Waals surface area contributed by atoms with Crippen LogP contribution in [0.2, 0.25) is 10.0 Å². The first-order valence-corrected chi connectivity index (χ1v) is 7.87. The Morgan fingerprint density at radius 1 is 1.21 bits per heavy atom. The maximum absolute atomic E-state index is 12.2. The monoisotopic (exact) mass is 366 g/mol. The quantitative estimate of drug-likeness (QED) is 0.631. The molecule has 0 aliphatic carbocycles. The highest BCUT2D eigenvalue weighted by Gasteiger charge is 2.21. The first-order chi connectivity index (χ1) is 11.3. The highest BCUT2D eigenvalue weighted by molar-refractivity contribution is 6.35. The average molecular weight is 367 g/mol. The van der Waals surface area contributed by atoms with E-state index >= 15 is 0 Å². The van der Waals surface area contributed by atoms with Crippen molar-refractivity contribution >= 4 is 46.5 Å². The number of carbonyl (C=O) groups excluding carboxylic acids is 2. The molecule has 2 aromatic rings. The zero-order valence-corrected chi connectivity index (χ0v) is 14.6.